The zero-order valence-electron chi connectivity index (χ0n) is 13.5. The Balaban J connectivity index is 0.00000132. The van der Waals surface area contributed by atoms with Gasteiger partial charge < -0.3 is 24.8 Å². The fourth-order valence-corrected chi connectivity index (χ4v) is 3.45. The molecule has 23 heavy (non-hydrogen) atoms. The van der Waals surface area contributed by atoms with Gasteiger partial charge in [0.2, 0.25) is 0 Å². The van der Waals surface area contributed by atoms with E-state index in [2.05, 4.69) is 57.2 Å². The topological polar surface area (TPSA) is 9.23 Å². The van der Waals surface area contributed by atoms with Crippen molar-refractivity contribution in [3.63, 3.8) is 0 Å². The normalized spacial score (nSPS) is 14.1. The molecule has 2 aromatic carbocycles. The maximum Gasteiger partial charge on any atom is -1.00 e. The van der Waals surface area contributed by atoms with Crippen molar-refractivity contribution in [2.24, 2.45) is 0 Å². The SMILES string of the molecule is CC1=C(C)C(C)=C(c2ccc3ccccc3c2C[O][Ti+2])C1.[Cl-].[Cl-]. The Hall–Kier alpha value is -0.566. The Bertz CT molecular complexity index is 778. The Labute approximate surface area is 162 Å². The molecule has 1 aliphatic carbocycles. The molecule has 2 aromatic rings. The molecule has 0 bridgehead atoms. The molecular weight excluding hydrogens is 363 g/mol. The van der Waals surface area contributed by atoms with Crippen molar-refractivity contribution in [2.75, 3.05) is 0 Å². The molecular formula is C19H19Cl2OTi. The zero-order valence-corrected chi connectivity index (χ0v) is 16.6. The molecule has 4 heteroatoms. The van der Waals surface area contributed by atoms with E-state index in [-0.39, 0.29) is 24.8 Å². The average Bonchev–Trinajstić information content (AvgIpc) is 2.75. The molecule has 0 radical (unpaired) electrons. The third kappa shape index (κ3) is 3.75. The van der Waals surface area contributed by atoms with E-state index in [1.165, 1.54) is 44.2 Å². The Morgan fingerprint density at radius 3 is 2.26 bits per heavy atom. The van der Waals surface area contributed by atoms with Crippen molar-refractivity contribution in [3.05, 3.63) is 64.2 Å². The van der Waals surface area contributed by atoms with E-state index in [0.717, 1.165) is 6.42 Å². The molecule has 0 saturated heterocycles. The first kappa shape index (κ1) is 20.5. The van der Waals surface area contributed by atoms with E-state index in [1.807, 2.05) is 0 Å². The minimum atomic E-state index is 0. The molecule has 0 atom stereocenters. The first-order valence-electron chi connectivity index (χ1n) is 7.29. The molecule has 0 N–H and O–H groups in total. The average molecular weight is 382 g/mol. The van der Waals surface area contributed by atoms with Crippen LogP contribution in [0.15, 0.2) is 53.1 Å². The minimum Gasteiger partial charge on any atom is -1.00 e. The standard InChI is InChI=1S/C19H19O.2ClH.Ti/c1-12-10-18(14(3)13(12)2)17-9-8-15-6-4-5-7-16(15)19(17)11-20;;;/h4-9H,10-11H2,1-3H3;2*1H;/q-1;;;+3/p-2. The third-order valence-electron chi connectivity index (χ3n) is 4.68. The van der Waals surface area contributed by atoms with Crippen LogP contribution in [-0.2, 0) is 30.7 Å². The van der Waals surface area contributed by atoms with E-state index >= 15 is 0 Å². The van der Waals surface area contributed by atoms with Gasteiger partial charge in [0.15, 0.2) is 0 Å². The van der Waals surface area contributed by atoms with Gasteiger partial charge in [-0.15, -0.1) is 0 Å². The van der Waals surface area contributed by atoms with Crippen LogP contribution in [0.1, 0.15) is 38.3 Å². The Kier molecular flexibility index (Phi) is 7.58. The van der Waals surface area contributed by atoms with Crippen molar-refractivity contribution in [3.8, 4) is 0 Å². The molecule has 0 saturated carbocycles. The van der Waals surface area contributed by atoms with E-state index < -0.39 is 0 Å². The summed E-state index contributed by atoms with van der Waals surface area (Å²) in [5, 5.41) is 2.59. The van der Waals surface area contributed by atoms with Crippen LogP contribution in [-0.4, -0.2) is 0 Å². The van der Waals surface area contributed by atoms with Crippen molar-refractivity contribution < 1.29 is 49.0 Å². The summed E-state index contributed by atoms with van der Waals surface area (Å²) in [4.78, 5) is 0. The first-order valence-corrected chi connectivity index (χ1v) is 7.93. The molecule has 0 aliphatic heterocycles. The summed E-state index contributed by atoms with van der Waals surface area (Å²) < 4.78 is 5.49. The van der Waals surface area contributed by atoms with Gasteiger partial charge in [-0.1, -0.05) is 0 Å². The second kappa shape index (κ2) is 8.51. The summed E-state index contributed by atoms with van der Waals surface area (Å²) in [7, 11) is 0. The third-order valence-corrected chi connectivity index (χ3v) is 4.90. The van der Waals surface area contributed by atoms with Crippen LogP contribution < -0.4 is 24.8 Å². The van der Waals surface area contributed by atoms with Crippen LogP contribution in [0.4, 0.5) is 0 Å². The molecule has 0 unspecified atom stereocenters. The summed E-state index contributed by atoms with van der Waals surface area (Å²) >= 11 is 1.77. The molecule has 3 rings (SSSR count). The van der Waals surface area contributed by atoms with Crippen LogP contribution in [0.25, 0.3) is 16.3 Å². The van der Waals surface area contributed by atoms with Gasteiger partial charge in [-0.05, 0) is 0 Å². The van der Waals surface area contributed by atoms with E-state index in [0.29, 0.717) is 6.61 Å². The van der Waals surface area contributed by atoms with Crippen LogP contribution in [0, 0.1) is 0 Å². The molecule has 0 fully saturated rings. The van der Waals surface area contributed by atoms with Gasteiger partial charge in [0, 0.05) is 0 Å². The monoisotopic (exact) mass is 381 g/mol. The molecule has 0 amide bonds. The smallest absolute Gasteiger partial charge is 1.00 e. The number of halogens is 2. The fourth-order valence-electron chi connectivity index (χ4n) is 3.22. The molecule has 1 aliphatic rings. The number of benzene rings is 2. The van der Waals surface area contributed by atoms with E-state index in [9.17, 15) is 0 Å². The van der Waals surface area contributed by atoms with Crippen molar-refractivity contribution in [2.45, 2.75) is 33.8 Å². The number of rotatable bonds is 3. The summed E-state index contributed by atoms with van der Waals surface area (Å²) in [5.74, 6) is 0. The number of hydrogen-bond donors (Lipinski definition) is 0. The first-order chi connectivity index (χ1) is 10.1. The van der Waals surface area contributed by atoms with Crippen molar-refractivity contribution in [1.82, 2.24) is 0 Å². The van der Waals surface area contributed by atoms with E-state index in [4.69, 9.17) is 3.32 Å². The number of allylic oxidation sites excluding steroid dienone is 4. The number of fused-ring (bicyclic) bond motifs is 1. The summed E-state index contributed by atoms with van der Waals surface area (Å²) in [6.45, 7) is 7.37. The molecule has 1 nitrogen and oxygen atoms in total. The van der Waals surface area contributed by atoms with Crippen LogP contribution >= 0.6 is 0 Å². The van der Waals surface area contributed by atoms with Crippen LogP contribution in [0.3, 0.4) is 0 Å². The minimum absolute atomic E-state index is 0. The molecule has 119 valence electrons. The quantitative estimate of drug-likeness (QED) is 0.641. The molecule has 0 aromatic heterocycles. The summed E-state index contributed by atoms with van der Waals surface area (Å²) in [6, 6.07) is 13.1. The van der Waals surface area contributed by atoms with Crippen LogP contribution in [0.2, 0.25) is 0 Å². The van der Waals surface area contributed by atoms with Gasteiger partial charge in [0.25, 0.3) is 0 Å². The van der Waals surface area contributed by atoms with Gasteiger partial charge in [-0.25, -0.2) is 0 Å². The number of hydrogen-bond acceptors (Lipinski definition) is 1. The van der Waals surface area contributed by atoms with Gasteiger partial charge in [0.05, 0.1) is 0 Å². The van der Waals surface area contributed by atoms with Crippen molar-refractivity contribution in [1.29, 1.82) is 0 Å². The van der Waals surface area contributed by atoms with Crippen molar-refractivity contribution >= 4 is 16.3 Å². The second-order valence-electron chi connectivity index (χ2n) is 5.79. The maximum absolute atomic E-state index is 5.49. The predicted octanol–water partition coefficient (Wildman–Crippen LogP) is -0.660. The maximum atomic E-state index is 5.49. The van der Waals surface area contributed by atoms with Crippen LogP contribution in [0.5, 0.6) is 0 Å². The van der Waals surface area contributed by atoms with Gasteiger partial charge in [-0.3, -0.25) is 0 Å². The van der Waals surface area contributed by atoms with E-state index in [1.54, 1.807) is 20.8 Å². The Morgan fingerprint density at radius 2 is 1.65 bits per heavy atom. The summed E-state index contributed by atoms with van der Waals surface area (Å²) in [5.41, 5.74) is 8.49. The fraction of sp³-hybridized carbons (Fsp3) is 0.263. The largest absolute Gasteiger partial charge is 1.00 e. The van der Waals surface area contributed by atoms with Gasteiger partial charge >= 0.3 is 139 Å². The molecule has 0 heterocycles. The molecule has 0 spiro atoms. The van der Waals surface area contributed by atoms with Gasteiger partial charge in [0.1, 0.15) is 0 Å². The summed E-state index contributed by atoms with van der Waals surface area (Å²) in [6.07, 6.45) is 1.06. The predicted molar refractivity (Wildman–Crippen MR) is 84.3 cm³/mol. The second-order valence-corrected chi connectivity index (χ2v) is 6.24. The Morgan fingerprint density at radius 1 is 0.957 bits per heavy atom. The van der Waals surface area contributed by atoms with Gasteiger partial charge in [-0.2, -0.15) is 0 Å². The zero-order chi connectivity index (χ0) is 15.0.